The van der Waals surface area contributed by atoms with Crippen LogP contribution in [0.1, 0.15) is 155 Å². The highest BCUT2D eigenvalue weighted by Crippen LogP contribution is 2.22. The zero-order chi connectivity index (χ0) is 41.6. The molecule has 7 unspecified atom stereocenters. The number of hydrogen-bond acceptors (Lipinski definition) is 8. The maximum atomic E-state index is 12.9. The van der Waals surface area contributed by atoms with E-state index >= 15 is 0 Å². The Kier molecular flexibility index (Phi) is 34.6. The van der Waals surface area contributed by atoms with Crippen LogP contribution in [0.25, 0.3) is 0 Å². The first-order valence-corrected chi connectivity index (χ1v) is 22.3. The number of carbonyl (C=O) groups is 1. The van der Waals surface area contributed by atoms with Crippen LogP contribution in [0.4, 0.5) is 0 Å². The maximum Gasteiger partial charge on any atom is 0.220 e. The summed E-state index contributed by atoms with van der Waals surface area (Å²) in [5, 5.41) is 54.1. The average Bonchev–Trinajstić information content (AvgIpc) is 3.21. The van der Waals surface area contributed by atoms with Crippen LogP contribution < -0.4 is 5.32 Å². The summed E-state index contributed by atoms with van der Waals surface area (Å²) >= 11 is 0. The molecule has 1 rings (SSSR count). The highest BCUT2D eigenvalue weighted by molar-refractivity contribution is 5.76. The molecule has 57 heavy (non-hydrogen) atoms. The number of nitrogens with one attached hydrogen (secondary N) is 1. The molecule has 326 valence electrons. The highest BCUT2D eigenvalue weighted by atomic mass is 16.7. The molecule has 9 heteroatoms. The van der Waals surface area contributed by atoms with E-state index in [0.717, 1.165) is 70.6 Å². The quantitative estimate of drug-likeness (QED) is 0.0275. The lowest BCUT2D eigenvalue weighted by Crippen LogP contribution is -2.60. The van der Waals surface area contributed by atoms with Gasteiger partial charge in [0.1, 0.15) is 24.4 Å². The van der Waals surface area contributed by atoms with Crippen molar-refractivity contribution in [3.63, 3.8) is 0 Å². The minimum absolute atomic E-state index is 0.220. The fourth-order valence-electron chi connectivity index (χ4n) is 6.37. The molecule has 0 bridgehead atoms. The van der Waals surface area contributed by atoms with Gasteiger partial charge in [-0.15, -0.1) is 0 Å². The lowest BCUT2D eigenvalue weighted by Gasteiger charge is -2.40. The lowest BCUT2D eigenvalue weighted by atomic mass is 9.99. The molecule has 0 aromatic heterocycles. The van der Waals surface area contributed by atoms with Gasteiger partial charge in [-0.3, -0.25) is 4.79 Å². The predicted molar refractivity (Wildman–Crippen MR) is 235 cm³/mol. The van der Waals surface area contributed by atoms with Gasteiger partial charge in [-0.05, 0) is 77.0 Å². The van der Waals surface area contributed by atoms with Gasteiger partial charge in [0.15, 0.2) is 6.29 Å². The summed E-state index contributed by atoms with van der Waals surface area (Å²) in [4.78, 5) is 12.9. The topological polar surface area (TPSA) is 149 Å². The van der Waals surface area contributed by atoms with E-state index in [4.69, 9.17) is 9.47 Å². The van der Waals surface area contributed by atoms with Gasteiger partial charge in [-0.25, -0.2) is 0 Å². The summed E-state index contributed by atoms with van der Waals surface area (Å²) in [6.45, 7) is 3.59. The van der Waals surface area contributed by atoms with Crippen molar-refractivity contribution in [1.29, 1.82) is 0 Å². The molecular weight excluding hydrogens is 719 g/mol. The summed E-state index contributed by atoms with van der Waals surface area (Å²) in [5.74, 6) is -0.223. The van der Waals surface area contributed by atoms with Crippen molar-refractivity contribution in [3.05, 3.63) is 85.1 Å². The number of allylic oxidation sites excluding steroid dienone is 13. The Morgan fingerprint density at radius 1 is 0.614 bits per heavy atom. The molecule has 0 radical (unpaired) electrons. The Labute approximate surface area is 346 Å². The maximum absolute atomic E-state index is 12.9. The molecule has 9 nitrogen and oxygen atoms in total. The molecule has 1 amide bonds. The van der Waals surface area contributed by atoms with Crippen LogP contribution in [-0.2, 0) is 14.3 Å². The molecule has 0 saturated carbocycles. The van der Waals surface area contributed by atoms with E-state index < -0.39 is 49.5 Å². The van der Waals surface area contributed by atoms with Crippen molar-refractivity contribution in [3.8, 4) is 0 Å². The number of carbonyl (C=O) groups excluding carboxylic acids is 1. The number of rotatable bonds is 35. The summed E-state index contributed by atoms with van der Waals surface area (Å²) in [5.41, 5.74) is 0. The fourth-order valence-corrected chi connectivity index (χ4v) is 6.37. The van der Waals surface area contributed by atoms with Crippen LogP contribution in [0.5, 0.6) is 0 Å². The Morgan fingerprint density at radius 3 is 1.68 bits per heavy atom. The molecular formula is C48H81NO8. The van der Waals surface area contributed by atoms with Crippen LogP contribution in [0, 0.1) is 0 Å². The van der Waals surface area contributed by atoms with Gasteiger partial charge < -0.3 is 40.3 Å². The third kappa shape index (κ3) is 28.4. The van der Waals surface area contributed by atoms with Crippen molar-refractivity contribution < 1.29 is 39.8 Å². The molecule has 7 atom stereocenters. The normalized spacial score (nSPS) is 21.8. The number of hydrogen-bond donors (Lipinski definition) is 6. The minimum atomic E-state index is -1.58. The van der Waals surface area contributed by atoms with E-state index in [2.05, 4.69) is 92.1 Å². The minimum Gasteiger partial charge on any atom is -0.394 e. The molecule has 6 N–H and O–H groups in total. The first-order valence-electron chi connectivity index (χ1n) is 22.3. The molecule has 0 aromatic rings. The van der Waals surface area contributed by atoms with Gasteiger partial charge in [0.25, 0.3) is 0 Å². The van der Waals surface area contributed by atoms with Crippen LogP contribution in [0.3, 0.4) is 0 Å². The molecule has 0 aromatic carbocycles. The van der Waals surface area contributed by atoms with Crippen molar-refractivity contribution in [1.82, 2.24) is 5.32 Å². The number of unbranched alkanes of at least 4 members (excludes halogenated alkanes) is 13. The summed E-state index contributed by atoms with van der Waals surface area (Å²) in [6.07, 6.45) is 44.8. The van der Waals surface area contributed by atoms with Crippen LogP contribution >= 0.6 is 0 Å². The zero-order valence-corrected chi connectivity index (χ0v) is 35.6. The Bertz CT molecular complexity index is 1160. The third-order valence-corrected chi connectivity index (χ3v) is 9.95. The fraction of sp³-hybridized carbons (Fsp3) is 0.688. The van der Waals surface area contributed by atoms with Gasteiger partial charge >= 0.3 is 0 Å². The van der Waals surface area contributed by atoms with Crippen molar-refractivity contribution >= 4 is 5.91 Å². The van der Waals surface area contributed by atoms with Gasteiger partial charge in [0.2, 0.25) is 5.91 Å². The van der Waals surface area contributed by atoms with E-state index in [-0.39, 0.29) is 12.5 Å². The number of aliphatic hydroxyl groups excluding tert-OH is 5. The van der Waals surface area contributed by atoms with Crippen LogP contribution in [0.15, 0.2) is 85.1 Å². The van der Waals surface area contributed by atoms with E-state index in [9.17, 15) is 30.3 Å². The Balaban J connectivity index is 2.44. The standard InChI is InChI=1S/C48H81NO8/c1-3-5-7-9-11-13-15-17-19-20-21-22-24-26-28-30-32-34-36-38-44(52)49-41(40-56-48-47(55)46(54)45(53)43(39-50)57-48)42(51)37-35-33-31-29-27-25-23-18-16-14-12-10-8-6-4-2/h5,7,11,13,17,19,21-22,26-29,35,37,41-43,45-48,50-51,53-55H,3-4,6,8-10,12,14-16,18,20,23-25,30-34,36,38-40H2,1-2H3,(H,49,52)/b7-5-,13-11-,19-17-,22-21-,28-26-,29-27+,37-35+. The number of amides is 1. The zero-order valence-electron chi connectivity index (χ0n) is 35.6. The average molecular weight is 800 g/mol. The Hall–Kier alpha value is -2.63. The molecule has 1 heterocycles. The first kappa shape index (κ1) is 52.4. The molecule has 0 aliphatic carbocycles. The summed E-state index contributed by atoms with van der Waals surface area (Å²) in [6, 6.07) is -0.843. The number of ether oxygens (including phenoxy) is 2. The van der Waals surface area contributed by atoms with E-state index in [1.807, 2.05) is 6.08 Å². The summed E-state index contributed by atoms with van der Waals surface area (Å²) < 4.78 is 11.2. The molecule has 1 fully saturated rings. The molecule has 1 aliphatic heterocycles. The van der Waals surface area contributed by atoms with E-state index in [1.165, 1.54) is 57.8 Å². The van der Waals surface area contributed by atoms with Crippen LogP contribution in [0.2, 0.25) is 0 Å². The molecule has 0 spiro atoms. The van der Waals surface area contributed by atoms with E-state index in [1.54, 1.807) is 6.08 Å². The second-order valence-corrected chi connectivity index (χ2v) is 15.1. The number of aliphatic hydroxyl groups is 5. The van der Waals surface area contributed by atoms with Crippen LogP contribution in [-0.4, -0.2) is 87.5 Å². The second kappa shape index (κ2) is 37.6. The second-order valence-electron chi connectivity index (χ2n) is 15.1. The smallest absolute Gasteiger partial charge is 0.220 e. The molecule has 1 saturated heterocycles. The third-order valence-electron chi connectivity index (χ3n) is 9.95. The van der Waals surface area contributed by atoms with Crippen molar-refractivity contribution in [2.75, 3.05) is 13.2 Å². The Morgan fingerprint density at radius 2 is 1.11 bits per heavy atom. The van der Waals surface area contributed by atoms with Gasteiger partial charge in [0, 0.05) is 6.42 Å². The van der Waals surface area contributed by atoms with Gasteiger partial charge in [0.05, 0.1) is 25.4 Å². The van der Waals surface area contributed by atoms with Crippen molar-refractivity contribution in [2.45, 2.75) is 198 Å². The predicted octanol–water partition coefficient (Wildman–Crippen LogP) is 9.16. The van der Waals surface area contributed by atoms with E-state index in [0.29, 0.717) is 12.8 Å². The lowest BCUT2D eigenvalue weighted by molar-refractivity contribution is -0.302. The van der Waals surface area contributed by atoms with Gasteiger partial charge in [-0.2, -0.15) is 0 Å². The van der Waals surface area contributed by atoms with Gasteiger partial charge in [-0.1, -0.05) is 157 Å². The van der Waals surface area contributed by atoms with Crippen molar-refractivity contribution in [2.24, 2.45) is 0 Å². The summed E-state index contributed by atoms with van der Waals surface area (Å²) in [7, 11) is 0. The monoisotopic (exact) mass is 800 g/mol. The first-order chi connectivity index (χ1) is 27.8. The SMILES string of the molecule is CC/C=C\C/C=C\C/C=C\C/C=C\C/C=C\CCCCCC(=O)NC(COC1OC(CO)C(O)C(O)C1O)C(O)/C=C/CC/C=C/CCCCCCCCCCC. The largest absolute Gasteiger partial charge is 0.394 e. The molecule has 1 aliphatic rings. The highest BCUT2D eigenvalue weighted by Gasteiger charge is 2.44.